The molecule has 1 amide bonds. The fourth-order valence-corrected chi connectivity index (χ4v) is 4.54. The molecule has 0 fully saturated rings. The molecule has 8 heteroatoms. The number of primary amides is 1. The number of aliphatic hydroxyl groups is 1. The number of nitrogens with zero attached hydrogens (tertiary/aromatic N) is 1. The highest BCUT2D eigenvalue weighted by Gasteiger charge is 2.24. The van der Waals surface area contributed by atoms with Gasteiger partial charge in [-0.15, -0.1) is 11.3 Å². The van der Waals surface area contributed by atoms with Gasteiger partial charge in [0.2, 0.25) is 0 Å². The Morgan fingerprint density at radius 3 is 2.16 bits per heavy atom. The number of benzene rings is 1. The summed E-state index contributed by atoms with van der Waals surface area (Å²) in [6, 6.07) is 7.40. The van der Waals surface area contributed by atoms with Gasteiger partial charge in [-0.3, -0.25) is 4.79 Å². The van der Waals surface area contributed by atoms with Crippen LogP contribution in [0.3, 0.4) is 0 Å². The molecule has 0 aliphatic rings. The van der Waals surface area contributed by atoms with Crippen LogP contribution < -0.4 is 11.1 Å². The highest BCUT2D eigenvalue weighted by atomic mass is 32.1. The van der Waals surface area contributed by atoms with E-state index >= 15 is 0 Å². The zero-order valence-electron chi connectivity index (χ0n) is 18.9. The van der Waals surface area contributed by atoms with Crippen molar-refractivity contribution in [3.8, 4) is 10.4 Å². The second kappa shape index (κ2) is 8.26. The van der Waals surface area contributed by atoms with Crippen LogP contribution in [0.2, 0.25) is 0 Å². The number of rotatable bonds is 5. The number of amides is 1. The van der Waals surface area contributed by atoms with Gasteiger partial charge in [-0.2, -0.15) is 0 Å². The number of nitrogens with one attached hydrogen (secondary N) is 1. The average molecular weight is 460 g/mol. The van der Waals surface area contributed by atoms with E-state index < -0.39 is 28.6 Å². The molecule has 1 aromatic carbocycles. The third-order valence-corrected chi connectivity index (χ3v) is 6.21. The van der Waals surface area contributed by atoms with Crippen molar-refractivity contribution in [1.29, 1.82) is 0 Å². The molecule has 0 saturated carbocycles. The van der Waals surface area contributed by atoms with Gasteiger partial charge in [-0.05, 0) is 56.0 Å². The zero-order chi connectivity index (χ0) is 24.0. The summed E-state index contributed by atoms with van der Waals surface area (Å²) in [6.45, 7) is 10.7. The predicted octanol–water partition coefficient (Wildman–Crippen LogP) is 5.76. The van der Waals surface area contributed by atoms with Gasteiger partial charge in [-0.1, -0.05) is 26.8 Å². The summed E-state index contributed by atoms with van der Waals surface area (Å²) >= 11 is 1.01. The number of carbonyl (C=O) groups excluding carboxylic acids is 1. The summed E-state index contributed by atoms with van der Waals surface area (Å²) in [4.78, 5) is 16.7. The Morgan fingerprint density at radius 1 is 1.09 bits per heavy atom. The summed E-state index contributed by atoms with van der Waals surface area (Å²) in [5.74, 6) is -1.73. The lowest BCUT2D eigenvalue weighted by Gasteiger charge is -2.20. The van der Waals surface area contributed by atoms with Crippen molar-refractivity contribution < 1.29 is 18.7 Å². The number of aryl methyl sites for hydroxylation is 1. The molecular formula is C24H27F2N3O2S. The van der Waals surface area contributed by atoms with Crippen molar-refractivity contribution >= 4 is 28.1 Å². The van der Waals surface area contributed by atoms with Gasteiger partial charge in [0.25, 0.3) is 5.91 Å². The van der Waals surface area contributed by atoms with E-state index in [0.717, 1.165) is 11.3 Å². The molecule has 0 atom stereocenters. The Kier molecular flexibility index (Phi) is 6.14. The molecule has 0 bridgehead atoms. The van der Waals surface area contributed by atoms with Crippen LogP contribution in [0.15, 0.2) is 30.3 Å². The summed E-state index contributed by atoms with van der Waals surface area (Å²) in [6.07, 6.45) is 0. The Labute approximate surface area is 190 Å². The van der Waals surface area contributed by atoms with Gasteiger partial charge in [0.1, 0.15) is 22.5 Å². The number of hydrogen-bond acceptors (Lipinski definition) is 5. The number of aromatic nitrogens is 1. The summed E-state index contributed by atoms with van der Waals surface area (Å²) < 4.78 is 29.8. The second-order valence-electron chi connectivity index (χ2n) is 9.30. The fourth-order valence-electron chi connectivity index (χ4n) is 3.43. The molecular weight excluding hydrogens is 432 g/mol. The van der Waals surface area contributed by atoms with Crippen LogP contribution in [0.5, 0.6) is 0 Å². The van der Waals surface area contributed by atoms with Gasteiger partial charge < -0.3 is 16.2 Å². The van der Waals surface area contributed by atoms with Crippen molar-refractivity contribution in [2.45, 2.75) is 52.6 Å². The quantitative estimate of drug-likeness (QED) is 0.452. The smallest absolute Gasteiger partial charge is 0.251 e. The second-order valence-corrected chi connectivity index (χ2v) is 10.3. The van der Waals surface area contributed by atoms with Gasteiger partial charge in [0, 0.05) is 16.1 Å². The van der Waals surface area contributed by atoms with Gasteiger partial charge in [-0.25, -0.2) is 13.8 Å². The van der Waals surface area contributed by atoms with Crippen LogP contribution in [0.4, 0.5) is 19.6 Å². The Morgan fingerprint density at radius 2 is 1.69 bits per heavy atom. The number of nitrogens with two attached hydrogens (primary N) is 1. The third-order valence-electron chi connectivity index (χ3n) is 5.14. The number of hydrogen-bond donors (Lipinski definition) is 3. The van der Waals surface area contributed by atoms with Crippen molar-refractivity contribution in [3.63, 3.8) is 0 Å². The highest BCUT2D eigenvalue weighted by molar-refractivity contribution is 7.20. The van der Waals surface area contributed by atoms with Gasteiger partial charge in [0.05, 0.1) is 16.7 Å². The van der Waals surface area contributed by atoms with Crippen LogP contribution in [0.25, 0.3) is 10.4 Å². The predicted molar refractivity (Wildman–Crippen MR) is 124 cm³/mol. The average Bonchev–Trinajstić information content (AvgIpc) is 3.02. The van der Waals surface area contributed by atoms with Crippen LogP contribution in [0.1, 0.15) is 61.8 Å². The van der Waals surface area contributed by atoms with Crippen molar-refractivity contribution in [2.75, 3.05) is 5.32 Å². The Bertz CT molecular complexity index is 1170. The fraction of sp³-hybridized carbons (Fsp3) is 0.333. The zero-order valence-corrected chi connectivity index (χ0v) is 19.7. The Balaban J connectivity index is 2.04. The minimum absolute atomic E-state index is 0.106. The molecule has 2 aromatic heterocycles. The highest BCUT2D eigenvalue weighted by Crippen LogP contribution is 2.40. The van der Waals surface area contributed by atoms with E-state index in [-0.39, 0.29) is 16.0 Å². The topological polar surface area (TPSA) is 88.2 Å². The molecule has 2 heterocycles. The standard InChI is InChI=1S/C24H27F2N3O2S/c1-12-15(24(5,6)31)7-8-19(28-12)29-22-14(21(27)30)11-18(32-22)20-16(25)9-13(10-17(20)26)23(2,3)4/h7-11,31H,1-6H3,(H2,27,30)(H,28,29). The van der Waals surface area contributed by atoms with Gasteiger partial charge >= 0.3 is 0 Å². The van der Waals surface area contributed by atoms with E-state index in [0.29, 0.717) is 27.6 Å². The molecule has 0 aliphatic carbocycles. The van der Waals surface area contributed by atoms with E-state index in [4.69, 9.17) is 5.73 Å². The summed E-state index contributed by atoms with van der Waals surface area (Å²) in [7, 11) is 0. The van der Waals surface area contributed by atoms with E-state index in [2.05, 4.69) is 10.3 Å². The normalized spacial score (nSPS) is 12.2. The summed E-state index contributed by atoms with van der Waals surface area (Å²) in [5, 5.41) is 13.6. The maximum Gasteiger partial charge on any atom is 0.251 e. The molecule has 32 heavy (non-hydrogen) atoms. The van der Waals surface area contributed by atoms with Crippen LogP contribution in [-0.4, -0.2) is 16.0 Å². The number of anilines is 2. The molecule has 0 unspecified atom stereocenters. The van der Waals surface area contributed by atoms with E-state index in [1.807, 2.05) is 20.8 Å². The number of halogens is 2. The van der Waals surface area contributed by atoms with Crippen LogP contribution in [-0.2, 0) is 11.0 Å². The lowest BCUT2D eigenvalue weighted by atomic mass is 9.86. The minimum atomic E-state index is -1.06. The van der Waals surface area contributed by atoms with Crippen molar-refractivity contribution in [2.24, 2.45) is 5.73 Å². The van der Waals surface area contributed by atoms with E-state index in [1.165, 1.54) is 18.2 Å². The first-order valence-corrected chi connectivity index (χ1v) is 10.9. The molecule has 0 aliphatic heterocycles. The van der Waals surface area contributed by atoms with Crippen LogP contribution in [0, 0.1) is 18.6 Å². The van der Waals surface area contributed by atoms with Crippen molar-refractivity contribution in [1.82, 2.24) is 4.98 Å². The Hall–Kier alpha value is -2.84. The van der Waals surface area contributed by atoms with Crippen molar-refractivity contribution in [3.05, 3.63) is 64.4 Å². The SMILES string of the molecule is Cc1nc(Nc2sc(-c3c(F)cc(C(C)(C)C)cc3F)cc2C(N)=O)ccc1C(C)(C)O. The molecule has 5 nitrogen and oxygen atoms in total. The first kappa shape index (κ1) is 23.8. The lowest BCUT2D eigenvalue weighted by Crippen LogP contribution is -2.18. The lowest BCUT2D eigenvalue weighted by molar-refractivity contribution is 0.0775. The summed E-state index contributed by atoms with van der Waals surface area (Å²) in [5.41, 5.74) is 5.74. The van der Waals surface area contributed by atoms with Gasteiger partial charge in [0.15, 0.2) is 0 Å². The molecule has 4 N–H and O–H groups in total. The molecule has 3 rings (SSSR count). The van der Waals surface area contributed by atoms with E-state index in [9.17, 15) is 18.7 Å². The maximum atomic E-state index is 14.9. The molecule has 0 radical (unpaired) electrons. The maximum absolute atomic E-state index is 14.9. The first-order valence-electron chi connectivity index (χ1n) is 10.1. The minimum Gasteiger partial charge on any atom is -0.386 e. The number of thiophene rings is 1. The van der Waals surface area contributed by atoms with E-state index in [1.54, 1.807) is 32.9 Å². The number of carbonyl (C=O) groups is 1. The van der Waals surface area contributed by atoms with Crippen LogP contribution >= 0.6 is 11.3 Å². The third kappa shape index (κ3) is 4.81. The first-order chi connectivity index (χ1) is 14.7. The molecule has 0 saturated heterocycles. The molecule has 0 spiro atoms. The molecule has 3 aromatic rings. The molecule has 170 valence electrons. The monoisotopic (exact) mass is 459 g/mol. The number of pyridine rings is 1. The largest absolute Gasteiger partial charge is 0.386 e.